The number of nitrogens with zero attached hydrogens (tertiary/aromatic N) is 2. The van der Waals surface area contributed by atoms with E-state index < -0.39 is 17.4 Å². The lowest BCUT2D eigenvalue weighted by molar-refractivity contribution is -0.143. The van der Waals surface area contributed by atoms with Gasteiger partial charge in [-0.05, 0) is 48.6 Å². The van der Waals surface area contributed by atoms with Crippen molar-refractivity contribution in [1.29, 1.82) is 0 Å². The molecular formula is C27H27Cl2N3O4. The fraction of sp³-hybridized carbons (Fsp3) is 0.407. The second kappa shape index (κ2) is 9.87. The highest BCUT2D eigenvalue weighted by Crippen LogP contribution is 2.53. The van der Waals surface area contributed by atoms with E-state index in [-0.39, 0.29) is 21.9 Å². The Kier molecular flexibility index (Phi) is 6.79. The minimum atomic E-state index is -0.683. The first kappa shape index (κ1) is 24.8. The molecule has 2 heterocycles. The van der Waals surface area contributed by atoms with Crippen LogP contribution in [0.3, 0.4) is 0 Å². The van der Waals surface area contributed by atoms with E-state index in [1.54, 1.807) is 23.2 Å². The van der Waals surface area contributed by atoms with Gasteiger partial charge in [0.15, 0.2) is 5.78 Å². The highest BCUT2D eigenvalue weighted by Gasteiger charge is 2.54. The topological polar surface area (TPSA) is 88.6 Å². The van der Waals surface area contributed by atoms with E-state index in [0.29, 0.717) is 30.6 Å². The van der Waals surface area contributed by atoms with Crippen LogP contribution in [0.2, 0.25) is 5.15 Å². The van der Waals surface area contributed by atoms with Crippen molar-refractivity contribution in [2.75, 3.05) is 18.6 Å². The summed E-state index contributed by atoms with van der Waals surface area (Å²) >= 11 is 12.5. The predicted octanol–water partition coefficient (Wildman–Crippen LogP) is 4.60. The molecule has 7 nitrogen and oxygen atoms in total. The van der Waals surface area contributed by atoms with Crippen LogP contribution in [0.25, 0.3) is 0 Å². The fourth-order valence-corrected chi connectivity index (χ4v) is 6.26. The number of ether oxygens (including phenoxy) is 1. The number of hydrogen-bond acceptors (Lipinski definition) is 6. The quantitative estimate of drug-likeness (QED) is 0.436. The zero-order valence-electron chi connectivity index (χ0n) is 20.0. The van der Waals surface area contributed by atoms with Crippen molar-refractivity contribution in [2.45, 2.75) is 51.0 Å². The molecule has 9 heteroatoms. The Labute approximate surface area is 219 Å². The van der Waals surface area contributed by atoms with Gasteiger partial charge in [0.25, 0.3) is 5.91 Å². The van der Waals surface area contributed by atoms with E-state index in [1.165, 1.54) is 7.11 Å². The highest BCUT2D eigenvalue weighted by molar-refractivity contribution is 6.47. The third kappa shape index (κ3) is 4.18. The first-order valence-corrected chi connectivity index (χ1v) is 12.9. The number of esters is 1. The van der Waals surface area contributed by atoms with Crippen LogP contribution in [-0.2, 0) is 27.2 Å². The second-order valence-corrected chi connectivity index (χ2v) is 10.3. The summed E-state index contributed by atoms with van der Waals surface area (Å²) in [5.41, 5.74) is 3.21. The van der Waals surface area contributed by atoms with Crippen molar-refractivity contribution in [3.05, 3.63) is 69.1 Å². The Balaban J connectivity index is 1.35. The average Bonchev–Trinajstić information content (AvgIpc) is 3.33. The molecule has 1 N–H and O–H groups in total. The summed E-state index contributed by atoms with van der Waals surface area (Å²) < 4.78 is 5.07. The monoisotopic (exact) mass is 527 g/mol. The van der Waals surface area contributed by atoms with Crippen molar-refractivity contribution in [3.8, 4) is 0 Å². The number of pyridine rings is 1. The number of halogens is 2. The number of aromatic nitrogens is 1. The molecule has 36 heavy (non-hydrogen) atoms. The zero-order valence-corrected chi connectivity index (χ0v) is 21.5. The van der Waals surface area contributed by atoms with Gasteiger partial charge < -0.3 is 15.0 Å². The molecule has 1 unspecified atom stereocenters. The van der Waals surface area contributed by atoms with E-state index in [9.17, 15) is 14.4 Å². The SMILES string of the molecule is COC(=O)C(Cc1ccc2c(c1)CCN2C(=O)c1cccnc1Cl)NC1=C(Cl)C(=O)C12CCCCC2. The first-order chi connectivity index (χ1) is 17.4. The summed E-state index contributed by atoms with van der Waals surface area (Å²) in [5, 5.41) is 3.66. The number of nitrogens with one attached hydrogen (secondary N) is 1. The van der Waals surface area contributed by atoms with Crippen molar-refractivity contribution >= 4 is 46.5 Å². The lowest BCUT2D eigenvalue weighted by Gasteiger charge is -2.46. The molecule has 2 aliphatic carbocycles. The Morgan fingerprint density at radius 3 is 2.69 bits per heavy atom. The molecule has 1 fully saturated rings. The van der Waals surface area contributed by atoms with E-state index in [2.05, 4.69) is 10.3 Å². The number of carbonyl (C=O) groups is 3. The number of methoxy groups -OCH3 is 1. The van der Waals surface area contributed by atoms with Gasteiger partial charge in [-0.1, -0.05) is 54.6 Å². The number of benzene rings is 1. The number of anilines is 1. The summed E-state index contributed by atoms with van der Waals surface area (Å²) in [7, 11) is 1.35. The lowest BCUT2D eigenvalue weighted by Crippen LogP contribution is -2.53. The van der Waals surface area contributed by atoms with Crippen molar-refractivity contribution in [3.63, 3.8) is 0 Å². The molecule has 1 atom stereocenters. The third-order valence-corrected chi connectivity index (χ3v) is 8.22. The molecule has 1 aliphatic heterocycles. The summed E-state index contributed by atoms with van der Waals surface area (Å²) in [5.74, 6) is -0.630. The van der Waals surface area contributed by atoms with Crippen LogP contribution < -0.4 is 10.2 Å². The van der Waals surface area contributed by atoms with E-state index in [4.69, 9.17) is 27.9 Å². The van der Waals surface area contributed by atoms with Gasteiger partial charge in [-0.25, -0.2) is 9.78 Å². The van der Waals surface area contributed by atoms with Gasteiger partial charge in [-0.2, -0.15) is 0 Å². The lowest BCUT2D eigenvalue weighted by atomic mass is 9.62. The molecular weight excluding hydrogens is 501 g/mol. The van der Waals surface area contributed by atoms with Crippen LogP contribution in [0, 0.1) is 5.41 Å². The number of amides is 1. The van der Waals surface area contributed by atoms with Gasteiger partial charge in [0.1, 0.15) is 16.2 Å². The Hall–Kier alpha value is -2.90. The fourth-order valence-electron chi connectivity index (χ4n) is 5.65. The van der Waals surface area contributed by atoms with Crippen LogP contribution in [0.1, 0.15) is 53.6 Å². The number of ketones is 1. The maximum Gasteiger partial charge on any atom is 0.328 e. The average molecular weight is 528 g/mol. The van der Waals surface area contributed by atoms with Gasteiger partial charge in [0.05, 0.1) is 18.1 Å². The molecule has 0 bridgehead atoms. The van der Waals surface area contributed by atoms with Crippen LogP contribution in [0.15, 0.2) is 47.3 Å². The number of carbonyl (C=O) groups excluding carboxylic acids is 3. The minimum Gasteiger partial charge on any atom is -0.467 e. The summed E-state index contributed by atoms with van der Waals surface area (Å²) in [6, 6.07) is 8.50. The number of hydrogen-bond donors (Lipinski definition) is 1. The maximum absolute atomic E-state index is 13.1. The van der Waals surface area contributed by atoms with E-state index in [1.807, 2.05) is 18.2 Å². The standard InChI is InChI=1S/C27H27Cl2N3O4/c1-36-26(35)19(31-22-21(28)23(33)27(22)10-3-2-4-11-27)15-16-7-8-20-17(14-16)9-13-32(20)25(34)18-6-5-12-30-24(18)29/h5-8,12,14,19,31H,2-4,9-11,13,15H2,1H3. The Morgan fingerprint density at radius 2 is 1.97 bits per heavy atom. The van der Waals surface area contributed by atoms with Gasteiger partial charge >= 0.3 is 5.97 Å². The Bertz CT molecular complexity index is 1270. The molecule has 188 valence electrons. The van der Waals surface area contributed by atoms with Crippen molar-refractivity contribution in [1.82, 2.24) is 10.3 Å². The molecule has 0 saturated heterocycles. The number of allylic oxidation sites excluding steroid dienone is 2. The minimum absolute atomic E-state index is 0.0222. The molecule has 3 aliphatic rings. The molecule has 5 rings (SSSR count). The van der Waals surface area contributed by atoms with Crippen molar-refractivity contribution < 1.29 is 19.1 Å². The third-order valence-electron chi connectivity index (χ3n) is 7.56. The largest absolute Gasteiger partial charge is 0.467 e. The van der Waals surface area contributed by atoms with E-state index >= 15 is 0 Å². The normalized spacial score (nSPS) is 19.1. The van der Waals surface area contributed by atoms with Crippen molar-refractivity contribution in [2.24, 2.45) is 5.41 Å². The van der Waals surface area contributed by atoms with Crippen LogP contribution >= 0.6 is 23.2 Å². The number of fused-ring (bicyclic) bond motifs is 1. The molecule has 1 saturated carbocycles. The Morgan fingerprint density at radius 1 is 1.19 bits per heavy atom. The van der Waals surface area contributed by atoms with Crippen LogP contribution in [0.4, 0.5) is 5.69 Å². The number of rotatable bonds is 6. The molecule has 2 aromatic rings. The molecule has 1 amide bonds. The van der Waals surface area contributed by atoms with Gasteiger partial charge in [0.2, 0.25) is 0 Å². The molecule has 1 spiro atoms. The van der Waals surface area contributed by atoms with Crippen LogP contribution in [-0.4, -0.2) is 42.3 Å². The maximum atomic E-state index is 13.1. The van der Waals surface area contributed by atoms with Crippen LogP contribution in [0.5, 0.6) is 0 Å². The van der Waals surface area contributed by atoms with Gasteiger partial charge in [0, 0.05) is 30.5 Å². The second-order valence-electron chi connectivity index (χ2n) is 9.60. The summed E-state index contributed by atoms with van der Waals surface area (Å²) in [6.45, 7) is 0.536. The van der Waals surface area contributed by atoms with Gasteiger partial charge in [-0.3, -0.25) is 9.59 Å². The van der Waals surface area contributed by atoms with Gasteiger partial charge in [-0.15, -0.1) is 0 Å². The molecule has 1 aromatic carbocycles. The molecule has 0 radical (unpaired) electrons. The summed E-state index contributed by atoms with van der Waals surface area (Å²) in [6.07, 6.45) is 7.14. The number of Topliss-reactive ketones (excluding diaryl/α,β-unsaturated/α-hetero) is 1. The smallest absolute Gasteiger partial charge is 0.328 e. The molecule has 1 aromatic heterocycles. The summed E-state index contributed by atoms with van der Waals surface area (Å²) in [4.78, 5) is 44.2. The predicted molar refractivity (Wildman–Crippen MR) is 137 cm³/mol. The highest BCUT2D eigenvalue weighted by atomic mass is 35.5. The zero-order chi connectivity index (χ0) is 25.4. The van der Waals surface area contributed by atoms with E-state index in [0.717, 1.165) is 48.9 Å². The first-order valence-electron chi connectivity index (χ1n) is 12.2.